The Hall–Kier alpha value is -5.66. The van der Waals surface area contributed by atoms with Crippen LogP contribution in [-0.4, -0.2) is 4.57 Å². The molecule has 1 nitrogen and oxygen atoms in total. The van der Waals surface area contributed by atoms with E-state index >= 15 is 0 Å². The van der Waals surface area contributed by atoms with Gasteiger partial charge in [-0.1, -0.05) is 127 Å². The summed E-state index contributed by atoms with van der Waals surface area (Å²) in [6, 6.07) is 49.2. The van der Waals surface area contributed by atoms with Gasteiger partial charge in [-0.15, -0.1) is 0 Å². The van der Waals surface area contributed by atoms with Crippen LogP contribution >= 0.6 is 0 Å². The highest BCUT2D eigenvalue weighted by atomic mass is 15.0. The Kier molecular flexibility index (Phi) is 5.64. The van der Waals surface area contributed by atoms with E-state index < -0.39 is 0 Å². The smallest absolute Gasteiger partial charge is 0.0541 e. The molecule has 0 fully saturated rings. The summed E-state index contributed by atoms with van der Waals surface area (Å²) in [5, 5.41) is 10.4. The van der Waals surface area contributed by atoms with Gasteiger partial charge in [0.25, 0.3) is 0 Å². The van der Waals surface area contributed by atoms with Crippen molar-refractivity contribution >= 4 is 59.7 Å². The summed E-state index contributed by atoms with van der Waals surface area (Å²) in [5.41, 5.74) is 8.58. The molecule has 0 unspecified atom stereocenters. The fourth-order valence-corrected chi connectivity index (χ4v) is 7.14. The van der Waals surface area contributed by atoms with Crippen molar-refractivity contribution in [2.75, 3.05) is 0 Å². The van der Waals surface area contributed by atoms with E-state index in [2.05, 4.69) is 168 Å². The first-order valence-corrected chi connectivity index (χ1v) is 15.3. The number of benzene rings is 7. The van der Waals surface area contributed by atoms with Crippen LogP contribution in [0.25, 0.3) is 76.5 Å². The van der Waals surface area contributed by atoms with Gasteiger partial charge in [0.2, 0.25) is 0 Å². The molecule has 44 heavy (non-hydrogen) atoms. The normalized spacial score (nSPS) is 13.3. The average molecular weight is 560 g/mol. The van der Waals surface area contributed by atoms with Crippen LogP contribution in [0.1, 0.15) is 12.0 Å². The molecule has 0 aliphatic heterocycles. The number of para-hydroxylation sites is 1. The molecule has 1 heterocycles. The second kappa shape index (κ2) is 9.97. The Morgan fingerprint density at radius 2 is 1.02 bits per heavy atom. The number of hydrogen-bond donors (Lipinski definition) is 0. The lowest BCUT2D eigenvalue weighted by Crippen LogP contribution is -1.95. The quantitative estimate of drug-likeness (QED) is 0.190. The number of aromatic nitrogens is 1. The van der Waals surface area contributed by atoms with E-state index in [9.17, 15) is 0 Å². The van der Waals surface area contributed by atoms with Crippen molar-refractivity contribution in [3.63, 3.8) is 0 Å². The first-order chi connectivity index (χ1) is 21.8. The van der Waals surface area contributed by atoms with Crippen molar-refractivity contribution in [1.82, 2.24) is 4.57 Å². The molecule has 9 rings (SSSR count). The summed E-state index contributed by atoms with van der Waals surface area (Å²) >= 11 is 0. The highest BCUT2D eigenvalue weighted by Crippen LogP contribution is 2.39. The summed E-state index contributed by atoms with van der Waals surface area (Å²) in [4.78, 5) is 0. The van der Waals surface area contributed by atoms with Gasteiger partial charge in [-0.2, -0.15) is 0 Å². The van der Waals surface area contributed by atoms with E-state index in [0.717, 1.165) is 6.42 Å². The van der Waals surface area contributed by atoms with Gasteiger partial charge in [-0.25, -0.2) is 0 Å². The van der Waals surface area contributed by atoms with Gasteiger partial charge < -0.3 is 4.57 Å². The Balaban J connectivity index is 1.24. The fourth-order valence-electron chi connectivity index (χ4n) is 7.14. The number of rotatable bonds is 3. The van der Waals surface area contributed by atoms with Crippen LogP contribution in [-0.2, 0) is 0 Å². The third-order valence-corrected chi connectivity index (χ3v) is 9.18. The third kappa shape index (κ3) is 3.87. The van der Waals surface area contributed by atoms with Gasteiger partial charge in [-0.05, 0) is 97.4 Å². The molecule has 1 aromatic heterocycles. The van der Waals surface area contributed by atoms with Crippen LogP contribution in [0.5, 0.6) is 0 Å². The average Bonchev–Trinajstić information content (AvgIpc) is 3.21. The van der Waals surface area contributed by atoms with Crippen molar-refractivity contribution in [3.05, 3.63) is 169 Å². The van der Waals surface area contributed by atoms with Gasteiger partial charge in [0.05, 0.1) is 11.0 Å². The SMILES string of the molecule is C1=CCC=C(c2cccc(-n3c4ccccc4c4cc(-c5ccc6c7ccccc7c7ccccc7c6c5)ccc43)c2)C=C1. The Bertz CT molecular complexity index is 2480. The standard InChI is InChI=1S/C43H29N/c1-2-4-13-29(12-3-1)30-14-11-15-33(26-30)44-42-21-10-9-20-39(42)41-28-32(23-25-43(41)44)31-22-24-38-36-18-6-5-16-34(36)35-17-7-8-19-37(35)40(38)27-31/h1-3,5-28H,4H2. The molecule has 0 saturated carbocycles. The van der Waals surface area contributed by atoms with Gasteiger partial charge in [0, 0.05) is 16.5 Å². The van der Waals surface area contributed by atoms with E-state index in [1.165, 1.54) is 82.1 Å². The van der Waals surface area contributed by atoms with Crippen LogP contribution in [0, 0.1) is 0 Å². The van der Waals surface area contributed by atoms with Crippen LogP contribution in [0.2, 0.25) is 0 Å². The highest BCUT2D eigenvalue weighted by Gasteiger charge is 2.15. The lowest BCUT2D eigenvalue weighted by Gasteiger charge is -2.13. The summed E-state index contributed by atoms with van der Waals surface area (Å²) < 4.78 is 2.41. The van der Waals surface area contributed by atoms with Crippen molar-refractivity contribution in [1.29, 1.82) is 0 Å². The second-order valence-electron chi connectivity index (χ2n) is 11.7. The Morgan fingerprint density at radius 3 is 1.80 bits per heavy atom. The highest BCUT2D eigenvalue weighted by molar-refractivity contribution is 6.25. The Morgan fingerprint density at radius 1 is 0.409 bits per heavy atom. The molecule has 1 aliphatic carbocycles. The maximum atomic E-state index is 2.41. The Labute approximate surface area is 256 Å². The second-order valence-corrected chi connectivity index (χ2v) is 11.7. The third-order valence-electron chi connectivity index (χ3n) is 9.18. The van der Waals surface area contributed by atoms with Crippen molar-refractivity contribution in [2.24, 2.45) is 0 Å². The van der Waals surface area contributed by atoms with Gasteiger partial charge in [0.1, 0.15) is 0 Å². The molecular formula is C43H29N. The van der Waals surface area contributed by atoms with Crippen LogP contribution in [0.3, 0.4) is 0 Å². The zero-order chi connectivity index (χ0) is 29.0. The van der Waals surface area contributed by atoms with E-state index in [1.807, 2.05) is 0 Å². The number of fused-ring (bicyclic) bond motifs is 9. The first-order valence-electron chi connectivity index (χ1n) is 15.3. The molecule has 0 bridgehead atoms. The molecule has 206 valence electrons. The number of nitrogens with zero attached hydrogens (tertiary/aromatic N) is 1. The summed E-state index contributed by atoms with van der Waals surface area (Å²) in [6.07, 6.45) is 11.9. The van der Waals surface area contributed by atoms with Crippen molar-refractivity contribution < 1.29 is 0 Å². The zero-order valence-corrected chi connectivity index (χ0v) is 24.2. The molecule has 1 aliphatic rings. The van der Waals surface area contributed by atoms with E-state index in [0.29, 0.717) is 0 Å². The van der Waals surface area contributed by atoms with Gasteiger partial charge >= 0.3 is 0 Å². The molecule has 0 N–H and O–H groups in total. The van der Waals surface area contributed by atoms with Gasteiger partial charge in [-0.3, -0.25) is 0 Å². The summed E-state index contributed by atoms with van der Waals surface area (Å²) in [6.45, 7) is 0. The molecular weight excluding hydrogens is 530 g/mol. The van der Waals surface area contributed by atoms with E-state index in [4.69, 9.17) is 0 Å². The number of allylic oxidation sites excluding steroid dienone is 6. The largest absolute Gasteiger partial charge is 0.309 e. The zero-order valence-electron chi connectivity index (χ0n) is 24.2. The maximum absolute atomic E-state index is 2.41. The predicted octanol–water partition coefficient (Wildman–Crippen LogP) is 11.8. The minimum atomic E-state index is 0.950. The fraction of sp³-hybridized carbons (Fsp3) is 0.0233. The minimum Gasteiger partial charge on any atom is -0.309 e. The van der Waals surface area contributed by atoms with Crippen LogP contribution in [0.15, 0.2) is 164 Å². The number of hydrogen-bond acceptors (Lipinski definition) is 0. The van der Waals surface area contributed by atoms with Gasteiger partial charge in [0.15, 0.2) is 0 Å². The first kappa shape index (κ1) is 24.9. The molecule has 8 aromatic rings. The maximum Gasteiger partial charge on any atom is 0.0541 e. The molecule has 0 amide bonds. The van der Waals surface area contributed by atoms with Crippen molar-refractivity contribution in [3.8, 4) is 16.8 Å². The predicted molar refractivity (Wildman–Crippen MR) is 190 cm³/mol. The lowest BCUT2D eigenvalue weighted by atomic mass is 9.92. The summed E-state index contributed by atoms with van der Waals surface area (Å²) in [7, 11) is 0. The molecule has 1 heteroatoms. The van der Waals surface area contributed by atoms with Crippen LogP contribution in [0.4, 0.5) is 0 Å². The molecule has 0 radical (unpaired) electrons. The van der Waals surface area contributed by atoms with E-state index in [-0.39, 0.29) is 0 Å². The monoisotopic (exact) mass is 559 g/mol. The minimum absolute atomic E-state index is 0.950. The van der Waals surface area contributed by atoms with Crippen LogP contribution < -0.4 is 0 Å². The topological polar surface area (TPSA) is 4.93 Å². The molecule has 0 spiro atoms. The lowest BCUT2D eigenvalue weighted by molar-refractivity contribution is 1.18. The molecule has 0 atom stereocenters. The summed E-state index contributed by atoms with van der Waals surface area (Å²) in [5.74, 6) is 0. The van der Waals surface area contributed by atoms with Crippen molar-refractivity contribution in [2.45, 2.75) is 6.42 Å². The molecule has 0 saturated heterocycles. The van der Waals surface area contributed by atoms with E-state index in [1.54, 1.807) is 0 Å². The molecule has 7 aromatic carbocycles.